The molecule has 1 aromatic heterocycles. The van der Waals surface area contributed by atoms with Crippen LogP contribution >= 0.6 is 11.6 Å². The second-order valence-corrected chi connectivity index (χ2v) is 3.77. The topological polar surface area (TPSA) is 40.2 Å². The summed E-state index contributed by atoms with van der Waals surface area (Å²) in [5.41, 5.74) is 7.72. The highest BCUT2D eigenvalue weighted by molar-refractivity contribution is 6.32. The summed E-state index contributed by atoms with van der Waals surface area (Å²) in [6.07, 6.45) is 0. The molecular formula is C11H13ClN2O. The maximum absolute atomic E-state index is 6.17. The Morgan fingerprint density at radius 3 is 2.80 bits per heavy atom. The van der Waals surface area contributed by atoms with E-state index >= 15 is 0 Å². The standard InChI is InChI=1S/C11H13ClN2O/c1-14-10-4-3-7(15-2)5-8(10)9(6-13)11(14)12/h3-5H,6,13H2,1-2H3. The Morgan fingerprint density at radius 1 is 1.47 bits per heavy atom. The number of methoxy groups -OCH3 is 1. The van der Waals surface area contributed by atoms with Gasteiger partial charge in [-0.1, -0.05) is 11.6 Å². The van der Waals surface area contributed by atoms with Gasteiger partial charge in [-0.2, -0.15) is 0 Å². The van der Waals surface area contributed by atoms with Crippen molar-refractivity contribution < 1.29 is 4.74 Å². The molecule has 0 spiro atoms. The lowest BCUT2D eigenvalue weighted by molar-refractivity contribution is 0.415. The Hall–Kier alpha value is -1.19. The minimum atomic E-state index is 0.434. The van der Waals surface area contributed by atoms with Gasteiger partial charge in [0, 0.05) is 30.1 Å². The first-order valence-corrected chi connectivity index (χ1v) is 5.07. The first-order valence-electron chi connectivity index (χ1n) is 4.70. The van der Waals surface area contributed by atoms with Crippen molar-refractivity contribution in [2.24, 2.45) is 12.8 Å². The molecule has 3 nitrogen and oxygen atoms in total. The van der Waals surface area contributed by atoms with Gasteiger partial charge in [0.15, 0.2) is 0 Å². The van der Waals surface area contributed by atoms with Crippen LogP contribution in [0.4, 0.5) is 0 Å². The third-order valence-corrected chi connectivity index (χ3v) is 3.12. The second kappa shape index (κ2) is 3.76. The third kappa shape index (κ3) is 1.48. The normalized spacial score (nSPS) is 10.9. The monoisotopic (exact) mass is 224 g/mol. The van der Waals surface area contributed by atoms with Crippen molar-refractivity contribution in [1.29, 1.82) is 0 Å². The van der Waals surface area contributed by atoms with E-state index in [1.54, 1.807) is 7.11 Å². The predicted molar refractivity (Wildman–Crippen MR) is 62.4 cm³/mol. The van der Waals surface area contributed by atoms with Crippen LogP contribution in [0.3, 0.4) is 0 Å². The van der Waals surface area contributed by atoms with E-state index in [0.717, 1.165) is 22.2 Å². The van der Waals surface area contributed by atoms with E-state index in [-0.39, 0.29) is 0 Å². The van der Waals surface area contributed by atoms with Gasteiger partial charge in [0.1, 0.15) is 10.9 Å². The largest absolute Gasteiger partial charge is 0.497 e. The number of nitrogens with two attached hydrogens (primary N) is 1. The van der Waals surface area contributed by atoms with Crippen LogP contribution in [0.5, 0.6) is 5.75 Å². The fraction of sp³-hybridized carbons (Fsp3) is 0.273. The quantitative estimate of drug-likeness (QED) is 0.851. The van der Waals surface area contributed by atoms with Crippen LogP contribution in [0.15, 0.2) is 18.2 Å². The number of nitrogens with zero attached hydrogens (tertiary/aromatic N) is 1. The van der Waals surface area contributed by atoms with E-state index in [4.69, 9.17) is 22.1 Å². The molecule has 0 aliphatic carbocycles. The SMILES string of the molecule is COc1ccc2c(c1)c(CN)c(Cl)n2C. The zero-order valence-corrected chi connectivity index (χ0v) is 9.51. The first kappa shape index (κ1) is 10.3. The van der Waals surface area contributed by atoms with Crippen molar-refractivity contribution in [2.45, 2.75) is 6.54 Å². The highest BCUT2D eigenvalue weighted by Gasteiger charge is 2.12. The van der Waals surface area contributed by atoms with Crippen molar-refractivity contribution in [3.05, 3.63) is 28.9 Å². The molecule has 0 radical (unpaired) electrons. The Kier molecular flexibility index (Phi) is 2.59. The molecule has 4 heteroatoms. The Morgan fingerprint density at radius 2 is 2.20 bits per heavy atom. The average Bonchev–Trinajstić information content (AvgIpc) is 2.51. The Balaban J connectivity index is 2.80. The number of ether oxygens (including phenoxy) is 1. The summed E-state index contributed by atoms with van der Waals surface area (Å²) in [7, 11) is 3.57. The van der Waals surface area contributed by atoms with Gasteiger partial charge in [0.2, 0.25) is 0 Å². The van der Waals surface area contributed by atoms with Crippen LogP contribution in [-0.2, 0) is 13.6 Å². The number of benzene rings is 1. The highest BCUT2D eigenvalue weighted by atomic mass is 35.5. The summed E-state index contributed by atoms with van der Waals surface area (Å²) in [4.78, 5) is 0. The molecule has 0 bridgehead atoms. The molecule has 15 heavy (non-hydrogen) atoms. The van der Waals surface area contributed by atoms with Gasteiger partial charge in [-0.25, -0.2) is 0 Å². The number of aromatic nitrogens is 1. The van der Waals surface area contributed by atoms with Crippen molar-refractivity contribution in [2.75, 3.05) is 7.11 Å². The molecule has 1 heterocycles. The number of aryl methyl sites for hydroxylation is 1. The molecule has 1 aromatic carbocycles. The van der Waals surface area contributed by atoms with Gasteiger partial charge in [-0.15, -0.1) is 0 Å². The molecule has 0 aliphatic heterocycles. The number of hydrogen-bond donors (Lipinski definition) is 1. The Bertz CT molecular complexity index is 505. The molecular weight excluding hydrogens is 212 g/mol. The minimum Gasteiger partial charge on any atom is -0.497 e. The number of rotatable bonds is 2. The molecule has 0 fully saturated rings. The fourth-order valence-corrected chi connectivity index (χ4v) is 2.06. The molecule has 2 aromatic rings. The zero-order valence-electron chi connectivity index (χ0n) is 8.75. The lowest BCUT2D eigenvalue weighted by Gasteiger charge is -2.00. The van der Waals surface area contributed by atoms with Gasteiger partial charge in [-0.3, -0.25) is 0 Å². The molecule has 0 aliphatic rings. The third-order valence-electron chi connectivity index (χ3n) is 2.64. The van der Waals surface area contributed by atoms with Gasteiger partial charge in [-0.05, 0) is 18.2 Å². The van der Waals surface area contributed by atoms with Crippen LogP contribution in [0.2, 0.25) is 5.15 Å². The van der Waals surface area contributed by atoms with Crippen molar-refractivity contribution in [3.63, 3.8) is 0 Å². The summed E-state index contributed by atoms with van der Waals surface area (Å²) in [5, 5.41) is 1.75. The van der Waals surface area contributed by atoms with Crippen LogP contribution in [0.25, 0.3) is 10.9 Å². The molecule has 2 N–H and O–H groups in total. The zero-order chi connectivity index (χ0) is 11.0. The highest BCUT2D eigenvalue weighted by Crippen LogP contribution is 2.31. The van der Waals surface area contributed by atoms with Gasteiger partial charge in [0.05, 0.1) is 7.11 Å². The molecule has 2 rings (SSSR count). The van der Waals surface area contributed by atoms with E-state index in [2.05, 4.69) is 0 Å². The second-order valence-electron chi connectivity index (χ2n) is 3.42. The van der Waals surface area contributed by atoms with E-state index in [1.165, 1.54) is 0 Å². The molecule has 0 amide bonds. The maximum atomic E-state index is 6.17. The van der Waals surface area contributed by atoms with Gasteiger partial charge >= 0.3 is 0 Å². The van der Waals surface area contributed by atoms with Crippen LogP contribution in [0, 0.1) is 0 Å². The predicted octanol–water partition coefficient (Wildman–Crippen LogP) is 2.30. The smallest absolute Gasteiger partial charge is 0.119 e. The van der Waals surface area contributed by atoms with E-state index in [0.29, 0.717) is 11.7 Å². The Labute approximate surface area is 93.4 Å². The van der Waals surface area contributed by atoms with Gasteiger partial charge in [0.25, 0.3) is 0 Å². The van der Waals surface area contributed by atoms with Gasteiger partial charge < -0.3 is 15.0 Å². The number of fused-ring (bicyclic) bond motifs is 1. The van der Waals surface area contributed by atoms with Crippen molar-refractivity contribution in [3.8, 4) is 5.75 Å². The number of hydrogen-bond acceptors (Lipinski definition) is 2. The molecule has 0 saturated carbocycles. The average molecular weight is 225 g/mol. The van der Waals surface area contributed by atoms with Crippen molar-refractivity contribution in [1.82, 2.24) is 4.57 Å². The molecule has 80 valence electrons. The molecule has 0 saturated heterocycles. The summed E-state index contributed by atoms with van der Waals surface area (Å²) < 4.78 is 7.11. The summed E-state index contributed by atoms with van der Waals surface area (Å²) in [6, 6.07) is 5.86. The molecule has 0 atom stereocenters. The van der Waals surface area contributed by atoms with E-state index in [1.807, 2.05) is 29.8 Å². The van der Waals surface area contributed by atoms with Crippen LogP contribution in [-0.4, -0.2) is 11.7 Å². The first-order chi connectivity index (χ1) is 7.19. The van der Waals surface area contributed by atoms with Crippen LogP contribution in [0.1, 0.15) is 5.56 Å². The minimum absolute atomic E-state index is 0.434. The van der Waals surface area contributed by atoms with E-state index < -0.39 is 0 Å². The lowest BCUT2D eigenvalue weighted by atomic mass is 10.1. The maximum Gasteiger partial charge on any atom is 0.119 e. The molecule has 0 unspecified atom stereocenters. The van der Waals surface area contributed by atoms with E-state index in [9.17, 15) is 0 Å². The number of halogens is 1. The van der Waals surface area contributed by atoms with Crippen LogP contribution < -0.4 is 10.5 Å². The summed E-state index contributed by atoms with van der Waals surface area (Å²) >= 11 is 6.17. The summed E-state index contributed by atoms with van der Waals surface area (Å²) in [6.45, 7) is 0.434. The summed E-state index contributed by atoms with van der Waals surface area (Å²) in [5.74, 6) is 0.819. The lowest BCUT2D eigenvalue weighted by Crippen LogP contribution is -1.96. The fourth-order valence-electron chi connectivity index (χ4n) is 1.79. The van der Waals surface area contributed by atoms with Crippen molar-refractivity contribution >= 4 is 22.5 Å².